The van der Waals surface area contributed by atoms with Crippen LogP contribution in [-0.4, -0.2) is 25.6 Å². The molecule has 0 amide bonds. The molecule has 2 aliphatic heterocycles. The summed E-state index contributed by atoms with van der Waals surface area (Å²) in [6.45, 7) is 14.5. The van der Waals surface area contributed by atoms with E-state index in [1.54, 1.807) is 18.2 Å². The number of hydrogen-bond donors (Lipinski definition) is 0. The summed E-state index contributed by atoms with van der Waals surface area (Å²) in [6.07, 6.45) is 2.60. The monoisotopic (exact) mass is 676 g/mol. The summed E-state index contributed by atoms with van der Waals surface area (Å²) in [5.41, 5.74) is 7.42. The van der Waals surface area contributed by atoms with Gasteiger partial charge in [0.15, 0.2) is 0 Å². The third kappa shape index (κ3) is 6.02. The molecule has 0 bridgehead atoms. The molecule has 0 spiro atoms. The number of pyridine rings is 2. The number of fused-ring (bicyclic) bond motifs is 10. The van der Waals surface area contributed by atoms with Crippen molar-refractivity contribution in [2.45, 2.75) is 38.3 Å². The quantitative estimate of drug-likeness (QED) is 0.118. The minimum atomic E-state index is -0.260. The molecule has 2 aliphatic rings. The largest absolute Gasteiger partial charge is 1.00 e. The van der Waals surface area contributed by atoms with Crippen LogP contribution in [0.5, 0.6) is 0 Å². The number of benzene rings is 2. The first-order chi connectivity index (χ1) is 21.9. The van der Waals surface area contributed by atoms with Gasteiger partial charge in [-0.15, -0.1) is 0 Å². The Hall–Kier alpha value is -3.12. The summed E-state index contributed by atoms with van der Waals surface area (Å²) in [6, 6.07) is 21.8. The Morgan fingerprint density at radius 3 is 1.70 bits per heavy atom. The van der Waals surface area contributed by atoms with Gasteiger partial charge in [-0.2, -0.15) is 0 Å². The van der Waals surface area contributed by atoms with Crippen LogP contribution in [0.3, 0.4) is 0 Å². The van der Waals surface area contributed by atoms with Gasteiger partial charge in [-0.25, -0.2) is 25.3 Å². The van der Waals surface area contributed by atoms with Crippen molar-refractivity contribution in [1.29, 1.82) is 5.26 Å². The number of nitrogens with zero attached hydrogens (tertiary/aromatic N) is 6. The zero-order chi connectivity index (χ0) is 31.8. The summed E-state index contributed by atoms with van der Waals surface area (Å²) in [4.78, 5) is 12.4. The smallest absolute Gasteiger partial charge is 0.512 e. The van der Waals surface area contributed by atoms with Crippen LogP contribution < -0.4 is 51.4 Å². The predicted molar refractivity (Wildman–Crippen MR) is 172 cm³/mol. The minimum absolute atomic E-state index is 0. The number of halogens is 4. The van der Waals surface area contributed by atoms with Crippen molar-refractivity contribution in [3.05, 3.63) is 124 Å². The Balaban J connectivity index is 0.000000169. The maximum absolute atomic E-state index is 14.1. The van der Waals surface area contributed by atoms with Crippen LogP contribution in [0.1, 0.15) is 36.6 Å². The average molecular weight is 678 g/mol. The van der Waals surface area contributed by atoms with Gasteiger partial charge < -0.3 is 25.8 Å². The van der Waals surface area contributed by atoms with Gasteiger partial charge in [0.25, 0.3) is 0 Å². The molecule has 6 heterocycles. The molecule has 11 heteroatoms. The van der Waals surface area contributed by atoms with Crippen LogP contribution in [-0.2, 0) is 12.8 Å². The third-order valence-corrected chi connectivity index (χ3v) is 8.87. The fraction of sp³-hybridized carbons (Fsp3) is 0.200. The summed E-state index contributed by atoms with van der Waals surface area (Å²) in [5.74, 6) is -0.447. The Kier molecular flexibility index (Phi) is 10.7. The average Bonchev–Trinajstić information content (AvgIpc) is 3.65. The summed E-state index contributed by atoms with van der Waals surface area (Å²) < 4.78 is 32.5. The summed E-state index contributed by atoms with van der Waals surface area (Å²) in [5, 5.41) is 8.35. The van der Waals surface area contributed by atoms with E-state index in [1.165, 1.54) is 17.7 Å². The molecule has 2 aromatic carbocycles. The van der Waals surface area contributed by atoms with Crippen LogP contribution in [0.25, 0.3) is 49.4 Å². The van der Waals surface area contributed by atoms with E-state index in [2.05, 4.69) is 26.3 Å². The second-order valence-electron chi connectivity index (χ2n) is 10.9. The molecule has 0 saturated heterocycles. The van der Waals surface area contributed by atoms with E-state index in [-0.39, 0.29) is 69.1 Å². The first kappa shape index (κ1) is 34.2. The molecule has 46 heavy (non-hydrogen) atoms. The van der Waals surface area contributed by atoms with E-state index in [0.717, 1.165) is 52.2 Å². The van der Waals surface area contributed by atoms with Gasteiger partial charge >= 0.3 is 51.4 Å². The third-order valence-electron chi connectivity index (χ3n) is 8.45. The van der Waals surface area contributed by atoms with E-state index in [4.69, 9.17) is 41.6 Å². The maximum atomic E-state index is 14.1. The standard InChI is InChI=1S/C17H11ClFN3.C17H14ClFN2.CN.K/c1-20-9-11-7-10-5-6-16(18)21-17(10)15-8-12-13(19)3-2-4-14(12)22(11)15;1-2-11-8-10-6-7-16(18)20-17(10)15-9-12-13(19)4-3-5-14(12)21(11)15;1-2;/h2-6,8,11H,7,9H2;3-7,9,11H,2,8H2,1H3;;/q;;-1;+1. The molecule has 0 N–H and O–H groups in total. The SMILES string of the molecule is CCC1Cc2ccc(Cl)nc2-c2cc3c(F)cccc3n21.[C-]#N.[C-]#[N+]CC1Cc2ccc(Cl)nc2-c2cc3c(F)cccc3n21.[K+]. The van der Waals surface area contributed by atoms with Crippen LogP contribution in [0, 0.1) is 30.0 Å². The van der Waals surface area contributed by atoms with Gasteiger partial charge in [-0.1, -0.05) is 54.4 Å². The first-order valence-electron chi connectivity index (χ1n) is 14.3. The van der Waals surface area contributed by atoms with Crippen molar-refractivity contribution in [2.75, 3.05) is 6.54 Å². The Bertz CT molecular complexity index is 2150. The summed E-state index contributed by atoms with van der Waals surface area (Å²) >= 11 is 12.1. The molecule has 0 aliphatic carbocycles. The van der Waals surface area contributed by atoms with Gasteiger partial charge in [-0.05, 0) is 72.5 Å². The predicted octanol–water partition coefficient (Wildman–Crippen LogP) is 6.62. The van der Waals surface area contributed by atoms with Gasteiger partial charge in [0.05, 0.1) is 33.8 Å². The Morgan fingerprint density at radius 1 is 0.783 bits per heavy atom. The van der Waals surface area contributed by atoms with E-state index in [1.807, 2.05) is 47.0 Å². The van der Waals surface area contributed by atoms with Crippen LogP contribution in [0.15, 0.2) is 72.8 Å². The molecular weight excluding hydrogens is 652 g/mol. The maximum Gasteiger partial charge on any atom is 1.00 e. The van der Waals surface area contributed by atoms with Gasteiger partial charge in [0.2, 0.25) is 6.54 Å². The molecule has 6 nitrogen and oxygen atoms in total. The molecule has 8 rings (SSSR count). The van der Waals surface area contributed by atoms with Crippen molar-refractivity contribution in [2.24, 2.45) is 0 Å². The molecule has 0 saturated carbocycles. The molecule has 2 atom stereocenters. The van der Waals surface area contributed by atoms with Gasteiger partial charge in [-0.3, -0.25) is 0 Å². The Morgan fingerprint density at radius 2 is 1.24 bits per heavy atom. The fourth-order valence-electron chi connectivity index (χ4n) is 6.55. The van der Waals surface area contributed by atoms with Gasteiger partial charge in [0.1, 0.15) is 28.0 Å². The van der Waals surface area contributed by atoms with E-state index in [9.17, 15) is 8.78 Å². The minimum Gasteiger partial charge on any atom is -0.512 e. The molecule has 0 fully saturated rings. The zero-order valence-electron chi connectivity index (χ0n) is 25.1. The second-order valence-corrected chi connectivity index (χ2v) is 11.7. The van der Waals surface area contributed by atoms with Crippen molar-refractivity contribution < 1.29 is 60.2 Å². The molecule has 0 radical (unpaired) electrons. The van der Waals surface area contributed by atoms with Crippen LogP contribution in [0.2, 0.25) is 10.3 Å². The van der Waals surface area contributed by atoms with E-state index < -0.39 is 0 Å². The van der Waals surface area contributed by atoms with Crippen molar-refractivity contribution in [3.8, 4) is 22.8 Å². The van der Waals surface area contributed by atoms with E-state index >= 15 is 0 Å². The number of rotatable bonds is 2. The fourth-order valence-corrected chi connectivity index (χ4v) is 6.85. The molecular formula is C35H25Cl2F2KN6. The first-order valence-corrected chi connectivity index (χ1v) is 15.1. The second kappa shape index (κ2) is 14.3. The van der Waals surface area contributed by atoms with Crippen molar-refractivity contribution in [1.82, 2.24) is 19.1 Å². The molecule has 6 aromatic rings. The van der Waals surface area contributed by atoms with E-state index in [0.29, 0.717) is 40.1 Å². The molecule has 224 valence electrons. The number of hydrogen-bond acceptors (Lipinski definition) is 3. The molecule has 4 aromatic heterocycles. The topological polar surface area (TPSA) is 63.8 Å². The Labute approximate surface area is 317 Å². The van der Waals surface area contributed by atoms with Crippen molar-refractivity contribution in [3.63, 3.8) is 0 Å². The van der Waals surface area contributed by atoms with Crippen LogP contribution >= 0.6 is 23.2 Å². The summed E-state index contributed by atoms with van der Waals surface area (Å²) in [7, 11) is 0. The van der Waals surface area contributed by atoms with Gasteiger partial charge in [0, 0.05) is 23.2 Å². The molecule has 2 unspecified atom stereocenters. The van der Waals surface area contributed by atoms with Crippen molar-refractivity contribution >= 4 is 45.0 Å². The number of aromatic nitrogens is 4. The van der Waals surface area contributed by atoms with Crippen LogP contribution in [0.4, 0.5) is 8.78 Å². The normalized spacial score (nSPS) is 15.4. The zero-order valence-corrected chi connectivity index (χ0v) is 29.7.